The number of carbonyl (C=O) groups is 1. The van der Waals surface area contributed by atoms with Crippen molar-refractivity contribution >= 4 is 17.3 Å². The smallest absolute Gasteiger partial charge is 0.352 e. The van der Waals surface area contributed by atoms with Crippen molar-refractivity contribution in [1.82, 2.24) is 0 Å². The quantitative estimate of drug-likeness (QED) is 0.577. The molecule has 1 aromatic rings. The molecule has 0 saturated heterocycles. The van der Waals surface area contributed by atoms with Crippen molar-refractivity contribution in [3.63, 3.8) is 0 Å². The van der Waals surface area contributed by atoms with Crippen LogP contribution in [0.4, 0.5) is 0 Å². The van der Waals surface area contributed by atoms with Crippen molar-refractivity contribution in [3.05, 3.63) is 10.9 Å². The Kier molecular flexibility index (Phi) is 5.79. The minimum atomic E-state index is -0.567. The van der Waals surface area contributed by atoms with Gasteiger partial charge in [-0.3, -0.25) is 0 Å². The number of methoxy groups -OCH3 is 1. The maximum absolute atomic E-state index is 11.2. The lowest BCUT2D eigenvalue weighted by molar-refractivity contribution is 0.0603. The summed E-state index contributed by atoms with van der Waals surface area (Å²) < 4.78 is 9.89. The van der Waals surface area contributed by atoms with Crippen LogP contribution in [-0.2, 0) is 4.74 Å². The highest BCUT2D eigenvalue weighted by molar-refractivity contribution is 7.16. The van der Waals surface area contributed by atoms with Crippen LogP contribution in [0.1, 0.15) is 28.9 Å². The SMILES string of the molecule is COC(=O)c1sc(OCCCCCO)cc1O. The van der Waals surface area contributed by atoms with Gasteiger partial charge >= 0.3 is 5.97 Å². The standard InChI is InChI=1S/C11H16O5S/c1-15-11(14)10-8(13)7-9(17-10)16-6-4-2-3-5-12/h7,12-13H,2-6H2,1H3. The van der Waals surface area contributed by atoms with Gasteiger partial charge in [-0.05, 0) is 19.3 Å². The maximum Gasteiger partial charge on any atom is 0.352 e. The fourth-order valence-electron chi connectivity index (χ4n) is 1.23. The Morgan fingerprint density at radius 1 is 1.41 bits per heavy atom. The molecule has 0 saturated carbocycles. The van der Waals surface area contributed by atoms with Crippen LogP contribution >= 0.6 is 11.3 Å². The third kappa shape index (κ3) is 4.24. The minimum Gasteiger partial charge on any atom is -0.506 e. The van der Waals surface area contributed by atoms with E-state index in [1.807, 2.05) is 0 Å². The Morgan fingerprint density at radius 2 is 2.18 bits per heavy atom. The number of rotatable bonds is 7. The molecular weight excluding hydrogens is 244 g/mol. The van der Waals surface area contributed by atoms with Crippen LogP contribution in [0.5, 0.6) is 10.8 Å². The molecule has 1 heterocycles. The van der Waals surface area contributed by atoms with E-state index in [1.165, 1.54) is 13.2 Å². The molecule has 0 bridgehead atoms. The first-order chi connectivity index (χ1) is 8.19. The topological polar surface area (TPSA) is 76.0 Å². The summed E-state index contributed by atoms with van der Waals surface area (Å²) in [5, 5.41) is 18.6. The van der Waals surface area contributed by atoms with Crippen molar-refractivity contribution in [2.75, 3.05) is 20.3 Å². The van der Waals surface area contributed by atoms with Crippen molar-refractivity contribution < 1.29 is 24.5 Å². The molecule has 0 fully saturated rings. The summed E-state index contributed by atoms with van der Waals surface area (Å²) in [4.78, 5) is 11.4. The van der Waals surface area contributed by atoms with Gasteiger partial charge in [-0.25, -0.2) is 4.79 Å². The van der Waals surface area contributed by atoms with Crippen LogP contribution in [-0.4, -0.2) is 36.5 Å². The van der Waals surface area contributed by atoms with Gasteiger partial charge in [0.1, 0.15) is 5.75 Å². The number of aromatic hydroxyl groups is 1. The van der Waals surface area contributed by atoms with E-state index < -0.39 is 5.97 Å². The van der Waals surface area contributed by atoms with Gasteiger partial charge < -0.3 is 19.7 Å². The van der Waals surface area contributed by atoms with E-state index >= 15 is 0 Å². The first-order valence-electron chi connectivity index (χ1n) is 5.33. The number of unbranched alkanes of at least 4 members (excludes halogenated alkanes) is 2. The fourth-order valence-corrected chi connectivity index (χ4v) is 2.08. The summed E-state index contributed by atoms with van der Waals surface area (Å²) in [6.45, 7) is 0.687. The molecule has 0 radical (unpaired) electrons. The number of hydrogen-bond donors (Lipinski definition) is 2. The van der Waals surface area contributed by atoms with Gasteiger partial charge in [0.2, 0.25) is 0 Å². The Balaban J connectivity index is 2.42. The van der Waals surface area contributed by atoms with Gasteiger partial charge in [0, 0.05) is 12.7 Å². The molecular formula is C11H16O5S. The number of ether oxygens (including phenoxy) is 2. The molecule has 0 amide bonds. The molecule has 1 rings (SSSR count). The lowest BCUT2D eigenvalue weighted by Gasteiger charge is -2.01. The number of aliphatic hydroxyl groups excluding tert-OH is 1. The molecule has 2 N–H and O–H groups in total. The number of carbonyl (C=O) groups excluding carboxylic acids is 1. The van der Waals surface area contributed by atoms with Gasteiger partial charge in [-0.2, -0.15) is 0 Å². The van der Waals surface area contributed by atoms with Crippen LogP contribution < -0.4 is 4.74 Å². The van der Waals surface area contributed by atoms with E-state index in [0.29, 0.717) is 11.7 Å². The second kappa shape index (κ2) is 7.13. The second-order valence-corrected chi connectivity index (χ2v) is 4.42. The third-order valence-electron chi connectivity index (χ3n) is 2.11. The molecule has 0 unspecified atom stereocenters. The average Bonchev–Trinajstić information content (AvgIpc) is 2.69. The lowest BCUT2D eigenvalue weighted by atomic mass is 10.2. The average molecular weight is 260 g/mol. The van der Waals surface area contributed by atoms with E-state index in [1.54, 1.807) is 0 Å². The van der Waals surface area contributed by atoms with Crippen molar-refractivity contribution in [2.45, 2.75) is 19.3 Å². The molecule has 0 atom stereocenters. The third-order valence-corrected chi connectivity index (χ3v) is 3.12. The molecule has 0 aliphatic carbocycles. The van der Waals surface area contributed by atoms with Crippen LogP contribution in [0, 0.1) is 0 Å². The normalized spacial score (nSPS) is 10.2. The summed E-state index contributed by atoms with van der Waals surface area (Å²) in [6.07, 6.45) is 2.47. The van der Waals surface area contributed by atoms with Gasteiger partial charge in [0.05, 0.1) is 13.7 Å². The minimum absolute atomic E-state index is 0.118. The Labute approximate surface area is 104 Å². The zero-order valence-corrected chi connectivity index (χ0v) is 10.5. The highest BCUT2D eigenvalue weighted by atomic mass is 32.1. The summed E-state index contributed by atoms with van der Waals surface area (Å²) in [6, 6.07) is 1.41. The number of hydrogen-bond acceptors (Lipinski definition) is 6. The largest absolute Gasteiger partial charge is 0.506 e. The van der Waals surface area contributed by atoms with E-state index in [2.05, 4.69) is 4.74 Å². The molecule has 5 nitrogen and oxygen atoms in total. The maximum atomic E-state index is 11.2. The highest BCUT2D eigenvalue weighted by Gasteiger charge is 2.16. The van der Waals surface area contributed by atoms with Gasteiger partial charge in [-0.1, -0.05) is 11.3 Å². The predicted octanol–water partition coefficient (Wildman–Crippen LogP) is 1.78. The van der Waals surface area contributed by atoms with Crippen molar-refractivity contribution in [2.24, 2.45) is 0 Å². The number of thiophene rings is 1. The first-order valence-corrected chi connectivity index (χ1v) is 6.15. The van der Waals surface area contributed by atoms with Gasteiger partial charge in [-0.15, -0.1) is 0 Å². The molecule has 6 heteroatoms. The first kappa shape index (κ1) is 13.8. The zero-order valence-electron chi connectivity index (χ0n) is 9.64. The summed E-state index contributed by atoms with van der Waals surface area (Å²) in [5.41, 5.74) is 0. The highest BCUT2D eigenvalue weighted by Crippen LogP contribution is 2.34. The molecule has 17 heavy (non-hydrogen) atoms. The molecule has 0 aromatic carbocycles. The number of aliphatic hydroxyl groups is 1. The van der Waals surface area contributed by atoms with Crippen molar-refractivity contribution in [1.29, 1.82) is 0 Å². The molecule has 0 aliphatic heterocycles. The van der Waals surface area contributed by atoms with Gasteiger partial charge in [0.25, 0.3) is 0 Å². The van der Waals surface area contributed by atoms with Crippen molar-refractivity contribution in [3.8, 4) is 10.8 Å². The van der Waals surface area contributed by atoms with E-state index in [4.69, 9.17) is 9.84 Å². The predicted molar refractivity (Wildman–Crippen MR) is 63.8 cm³/mol. The van der Waals surface area contributed by atoms with Gasteiger partial charge in [0.15, 0.2) is 9.94 Å². The lowest BCUT2D eigenvalue weighted by Crippen LogP contribution is -1.98. The van der Waals surface area contributed by atoms with Crippen LogP contribution in [0.3, 0.4) is 0 Å². The second-order valence-electron chi connectivity index (χ2n) is 3.40. The van der Waals surface area contributed by atoms with E-state index in [0.717, 1.165) is 30.6 Å². The molecule has 0 spiro atoms. The van der Waals surface area contributed by atoms with Crippen LogP contribution in [0.25, 0.3) is 0 Å². The monoisotopic (exact) mass is 260 g/mol. The number of esters is 1. The summed E-state index contributed by atoms with van der Waals surface area (Å²) in [5.74, 6) is -0.685. The van der Waals surface area contributed by atoms with Crippen LogP contribution in [0.2, 0.25) is 0 Å². The molecule has 96 valence electrons. The molecule has 1 aromatic heterocycles. The van der Waals surface area contributed by atoms with Crippen LogP contribution in [0.15, 0.2) is 6.07 Å². The zero-order chi connectivity index (χ0) is 12.7. The Bertz CT molecular complexity index is 361. The van der Waals surface area contributed by atoms with E-state index in [9.17, 15) is 9.90 Å². The molecule has 0 aliphatic rings. The summed E-state index contributed by atoms with van der Waals surface area (Å²) >= 11 is 1.06. The Morgan fingerprint density at radius 3 is 2.82 bits per heavy atom. The Hall–Kier alpha value is -1.27. The fraction of sp³-hybridized carbons (Fsp3) is 0.545. The summed E-state index contributed by atoms with van der Waals surface area (Å²) in [7, 11) is 1.26. The van der Waals surface area contributed by atoms with E-state index in [-0.39, 0.29) is 17.2 Å².